The third-order valence-corrected chi connectivity index (χ3v) is 5.37. The molecule has 1 fully saturated rings. The van der Waals surface area contributed by atoms with Gasteiger partial charge in [-0.05, 0) is 24.1 Å². The number of hydrogen-bond donors (Lipinski definition) is 1. The zero-order valence-corrected chi connectivity index (χ0v) is 14.6. The highest BCUT2D eigenvalue weighted by atomic mass is 16.5. The summed E-state index contributed by atoms with van der Waals surface area (Å²) >= 11 is 0. The number of aryl methyl sites for hydroxylation is 1. The number of carbonyl (C=O) groups excluding carboxylic acids is 1. The average Bonchev–Trinajstić information content (AvgIpc) is 3.27. The van der Waals surface area contributed by atoms with Crippen molar-refractivity contribution in [3.05, 3.63) is 47.8 Å². The van der Waals surface area contributed by atoms with Crippen LogP contribution in [-0.2, 0) is 21.5 Å². The molecule has 7 nitrogen and oxygen atoms in total. The molecule has 1 unspecified atom stereocenters. The molecule has 1 atom stereocenters. The van der Waals surface area contributed by atoms with Crippen molar-refractivity contribution in [1.29, 1.82) is 0 Å². The maximum Gasteiger partial charge on any atom is 0.331 e. The maximum absolute atomic E-state index is 12.8. The van der Waals surface area contributed by atoms with Crippen molar-refractivity contribution in [3.63, 3.8) is 0 Å². The average molecular weight is 355 g/mol. The summed E-state index contributed by atoms with van der Waals surface area (Å²) in [5.41, 5.74) is 0.862. The third kappa shape index (κ3) is 2.64. The lowest BCUT2D eigenvalue weighted by molar-refractivity contribution is -0.154. The van der Waals surface area contributed by atoms with Crippen LogP contribution in [0.4, 0.5) is 0 Å². The fraction of sp³-hybridized carbons (Fsp3) is 0.421. The van der Waals surface area contributed by atoms with E-state index in [2.05, 4.69) is 5.10 Å². The normalized spacial score (nSPS) is 21.1. The number of para-hydroxylation sites is 1. The Labute approximate surface area is 151 Å². The Bertz CT molecular complexity index is 827. The number of benzene rings is 1. The fourth-order valence-electron chi connectivity index (χ4n) is 3.81. The van der Waals surface area contributed by atoms with Crippen LogP contribution in [0.1, 0.15) is 24.0 Å². The van der Waals surface area contributed by atoms with Crippen LogP contribution in [-0.4, -0.2) is 50.9 Å². The Morgan fingerprint density at radius 2 is 2.00 bits per heavy atom. The molecule has 1 amide bonds. The summed E-state index contributed by atoms with van der Waals surface area (Å²) < 4.78 is 7.32. The molecule has 7 heteroatoms. The summed E-state index contributed by atoms with van der Waals surface area (Å²) in [6, 6.07) is 7.66. The first kappa shape index (κ1) is 16.6. The topological polar surface area (TPSA) is 84.7 Å². The van der Waals surface area contributed by atoms with Gasteiger partial charge in [-0.2, -0.15) is 5.10 Å². The highest BCUT2D eigenvalue weighted by molar-refractivity contribution is 5.83. The van der Waals surface area contributed by atoms with Gasteiger partial charge in [0.15, 0.2) is 11.6 Å². The van der Waals surface area contributed by atoms with Crippen LogP contribution in [0.3, 0.4) is 0 Å². The van der Waals surface area contributed by atoms with Crippen molar-refractivity contribution in [2.45, 2.75) is 37.8 Å². The Morgan fingerprint density at radius 1 is 1.27 bits per heavy atom. The highest BCUT2D eigenvalue weighted by Crippen LogP contribution is 2.33. The van der Waals surface area contributed by atoms with Gasteiger partial charge in [0.2, 0.25) is 0 Å². The Hall–Kier alpha value is -2.83. The fourth-order valence-corrected chi connectivity index (χ4v) is 3.81. The lowest BCUT2D eigenvalue weighted by atomic mass is 9.87. The quantitative estimate of drug-likeness (QED) is 0.904. The summed E-state index contributed by atoms with van der Waals surface area (Å²) in [6.07, 6.45) is 4.11. The van der Waals surface area contributed by atoms with Gasteiger partial charge >= 0.3 is 5.97 Å². The van der Waals surface area contributed by atoms with E-state index in [4.69, 9.17) is 4.74 Å². The Balaban J connectivity index is 1.46. The number of amides is 1. The lowest BCUT2D eigenvalue weighted by Gasteiger charge is -2.39. The van der Waals surface area contributed by atoms with Gasteiger partial charge in [-0.3, -0.25) is 9.48 Å². The van der Waals surface area contributed by atoms with Crippen LogP contribution in [0.25, 0.3) is 0 Å². The molecule has 0 spiro atoms. The van der Waals surface area contributed by atoms with Crippen molar-refractivity contribution in [1.82, 2.24) is 14.7 Å². The van der Waals surface area contributed by atoms with Gasteiger partial charge in [-0.15, -0.1) is 0 Å². The number of ether oxygens (including phenoxy) is 1. The molecule has 0 aliphatic carbocycles. The minimum absolute atomic E-state index is 0.0724. The van der Waals surface area contributed by atoms with Crippen molar-refractivity contribution < 1.29 is 19.4 Å². The number of aliphatic carboxylic acids is 1. The van der Waals surface area contributed by atoms with E-state index in [9.17, 15) is 14.7 Å². The second kappa shape index (κ2) is 6.16. The summed E-state index contributed by atoms with van der Waals surface area (Å²) in [6.45, 7) is 2.63. The summed E-state index contributed by atoms with van der Waals surface area (Å²) in [7, 11) is 0. The molecule has 0 saturated carbocycles. The van der Waals surface area contributed by atoms with Crippen molar-refractivity contribution in [3.8, 4) is 5.75 Å². The van der Waals surface area contributed by atoms with Crippen LogP contribution in [0.2, 0.25) is 0 Å². The third-order valence-electron chi connectivity index (χ3n) is 5.37. The number of carboxylic acids is 1. The standard InChI is InChI=1S/C19H21N3O4/c1-13-11-20-22(12-13)19(18(24)25)6-8-21(9-7-19)17(23)16-10-14-4-2-3-5-15(14)26-16/h2-5,11-12,16H,6-10H2,1H3,(H,24,25). The van der Waals surface area contributed by atoms with E-state index in [0.717, 1.165) is 16.9 Å². The number of hydrogen-bond acceptors (Lipinski definition) is 4. The zero-order chi connectivity index (χ0) is 18.3. The smallest absolute Gasteiger partial charge is 0.331 e. The molecule has 136 valence electrons. The molecular weight excluding hydrogens is 334 g/mol. The molecular formula is C19H21N3O4. The molecule has 26 heavy (non-hydrogen) atoms. The first-order valence-electron chi connectivity index (χ1n) is 8.78. The van der Waals surface area contributed by atoms with E-state index in [1.807, 2.05) is 31.2 Å². The molecule has 0 bridgehead atoms. The lowest BCUT2D eigenvalue weighted by Crippen LogP contribution is -2.54. The molecule has 2 aliphatic heterocycles. The first-order valence-corrected chi connectivity index (χ1v) is 8.78. The number of carboxylic acid groups (broad SMARTS) is 1. The van der Waals surface area contributed by atoms with Gasteiger partial charge in [-0.1, -0.05) is 18.2 Å². The predicted octanol–water partition coefficient (Wildman–Crippen LogP) is 1.60. The van der Waals surface area contributed by atoms with Crippen LogP contribution < -0.4 is 4.74 Å². The SMILES string of the molecule is Cc1cnn(C2(C(=O)O)CCN(C(=O)C3Cc4ccccc4O3)CC2)c1. The van der Waals surface area contributed by atoms with Crippen molar-refractivity contribution >= 4 is 11.9 Å². The molecule has 2 aliphatic rings. The van der Waals surface area contributed by atoms with Gasteiger partial charge < -0.3 is 14.7 Å². The largest absolute Gasteiger partial charge is 0.480 e. The van der Waals surface area contributed by atoms with E-state index in [1.54, 1.807) is 17.3 Å². The van der Waals surface area contributed by atoms with Crippen LogP contribution in [0.5, 0.6) is 5.75 Å². The van der Waals surface area contributed by atoms with Crippen LogP contribution in [0.15, 0.2) is 36.7 Å². The van der Waals surface area contributed by atoms with Crippen molar-refractivity contribution in [2.75, 3.05) is 13.1 Å². The minimum atomic E-state index is -1.09. The number of carbonyl (C=O) groups is 2. The Kier molecular flexibility index (Phi) is 3.94. The zero-order valence-electron chi connectivity index (χ0n) is 14.6. The summed E-state index contributed by atoms with van der Waals surface area (Å²) in [5, 5.41) is 14.0. The number of aromatic nitrogens is 2. The molecule has 1 aromatic carbocycles. The van der Waals surface area contributed by atoms with Gasteiger partial charge in [0, 0.05) is 38.5 Å². The predicted molar refractivity (Wildman–Crippen MR) is 92.9 cm³/mol. The maximum atomic E-state index is 12.8. The second-order valence-corrected chi connectivity index (χ2v) is 7.04. The summed E-state index contributed by atoms with van der Waals surface area (Å²) in [4.78, 5) is 26.5. The highest BCUT2D eigenvalue weighted by Gasteiger charge is 2.46. The van der Waals surface area contributed by atoms with Gasteiger partial charge in [0.05, 0.1) is 6.20 Å². The molecule has 4 rings (SSSR count). The van der Waals surface area contributed by atoms with E-state index >= 15 is 0 Å². The Morgan fingerprint density at radius 3 is 2.62 bits per heavy atom. The van der Waals surface area contributed by atoms with Crippen LogP contribution >= 0.6 is 0 Å². The van der Waals surface area contributed by atoms with E-state index in [-0.39, 0.29) is 5.91 Å². The second-order valence-electron chi connectivity index (χ2n) is 7.04. The molecule has 0 radical (unpaired) electrons. The monoisotopic (exact) mass is 355 g/mol. The number of rotatable bonds is 3. The van der Waals surface area contributed by atoms with E-state index in [0.29, 0.717) is 32.4 Å². The van der Waals surface area contributed by atoms with E-state index < -0.39 is 17.6 Å². The van der Waals surface area contributed by atoms with Gasteiger partial charge in [-0.25, -0.2) is 4.79 Å². The minimum Gasteiger partial charge on any atom is -0.480 e. The molecule has 1 saturated heterocycles. The summed E-state index contributed by atoms with van der Waals surface area (Å²) in [5.74, 6) is -0.219. The molecule has 1 N–H and O–H groups in total. The van der Waals surface area contributed by atoms with Crippen LogP contribution in [0, 0.1) is 6.92 Å². The molecule has 2 aromatic rings. The number of nitrogens with zero attached hydrogens (tertiary/aromatic N) is 3. The number of piperidine rings is 1. The van der Waals surface area contributed by atoms with Crippen molar-refractivity contribution in [2.24, 2.45) is 0 Å². The first-order chi connectivity index (χ1) is 12.5. The molecule has 1 aromatic heterocycles. The molecule has 3 heterocycles. The van der Waals surface area contributed by atoms with E-state index in [1.165, 1.54) is 4.68 Å². The number of fused-ring (bicyclic) bond motifs is 1. The van der Waals surface area contributed by atoms with Gasteiger partial charge in [0.1, 0.15) is 5.75 Å². The number of likely N-dealkylation sites (tertiary alicyclic amines) is 1. The van der Waals surface area contributed by atoms with Gasteiger partial charge in [0.25, 0.3) is 5.91 Å².